The molecule has 3 aromatic rings. The van der Waals surface area contributed by atoms with Crippen molar-refractivity contribution in [2.45, 2.75) is 4.90 Å². The van der Waals surface area contributed by atoms with Gasteiger partial charge in [-0.25, -0.2) is 13.2 Å². The van der Waals surface area contributed by atoms with Crippen molar-refractivity contribution in [2.75, 3.05) is 11.8 Å². The van der Waals surface area contributed by atoms with Crippen LogP contribution in [-0.4, -0.2) is 21.5 Å². The van der Waals surface area contributed by atoms with Crippen molar-refractivity contribution in [3.8, 4) is 0 Å². The molecule has 8 heteroatoms. The Hall–Kier alpha value is -2.80. The van der Waals surface area contributed by atoms with Gasteiger partial charge in [0.25, 0.3) is 10.0 Å². The smallest absolute Gasteiger partial charge is 0.337 e. The van der Waals surface area contributed by atoms with Gasteiger partial charge in [0.1, 0.15) is 0 Å². The third kappa shape index (κ3) is 5.42. The molecular formula is C22H17Cl2NO4S. The van der Waals surface area contributed by atoms with Gasteiger partial charge in [0.15, 0.2) is 0 Å². The van der Waals surface area contributed by atoms with Crippen LogP contribution in [0.1, 0.15) is 21.5 Å². The zero-order valence-electron chi connectivity index (χ0n) is 15.8. The predicted molar refractivity (Wildman–Crippen MR) is 120 cm³/mol. The Labute approximate surface area is 185 Å². The molecule has 3 rings (SSSR count). The van der Waals surface area contributed by atoms with Crippen LogP contribution in [0.5, 0.6) is 0 Å². The lowest BCUT2D eigenvalue weighted by atomic mass is 10.1. The van der Waals surface area contributed by atoms with Gasteiger partial charge in [-0.3, -0.25) is 4.72 Å². The maximum atomic E-state index is 12.7. The number of halogens is 2. The average molecular weight is 462 g/mol. The van der Waals surface area contributed by atoms with Crippen LogP contribution in [0.3, 0.4) is 0 Å². The second-order valence-corrected chi connectivity index (χ2v) is 8.79. The van der Waals surface area contributed by atoms with E-state index in [1.54, 1.807) is 54.6 Å². The highest BCUT2D eigenvalue weighted by molar-refractivity contribution is 7.92. The highest BCUT2D eigenvalue weighted by atomic mass is 35.5. The van der Waals surface area contributed by atoms with E-state index in [4.69, 9.17) is 23.2 Å². The van der Waals surface area contributed by atoms with Crippen LogP contribution in [0.4, 0.5) is 5.69 Å². The molecule has 0 fully saturated rings. The predicted octanol–water partition coefficient (Wildman–Crippen LogP) is 5.75. The Morgan fingerprint density at radius 2 is 1.53 bits per heavy atom. The van der Waals surface area contributed by atoms with Gasteiger partial charge in [0, 0.05) is 15.6 Å². The largest absolute Gasteiger partial charge is 0.465 e. The van der Waals surface area contributed by atoms with Gasteiger partial charge in [-0.05, 0) is 60.2 Å². The molecule has 0 radical (unpaired) electrons. The van der Waals surface area contributed by atoms with Gasteiger partial charge >= 0.3 is 5.97 Å². The molecular weight excluding hydrogens is 445 g/mol. The fraction of sp³-hybridized carbons (Fsp3) is 0.0455. The van der Waals surface area contributed by atoms with Gasteiger partial charge in [0.2, 0.25) is 0 Å². The average Bonchev–Trinajstić information content (AvgIpc) is 2.74. The number of hydrogen-bond acceptors (Lipinski definition) is 4. The Morgan fingerprint density at radius 1 is 0.900 bits per heavy atom. The number of hydrogen-bond donors (Lipinski definition) is 1. The van der Waals surface area contributed by atoms with E-state index in [1.807, 2.05) is 0 Å². The summed E-state index contributed by atoms with van der Waals surface area (Å²) < 4.78 is 32.7. The van der Waals surface area contributed by atoms with Crippen LogP contribution in [0.15, 0.2) is 71.6 Å². The first kappa shape index (κ1) is 21.9. The summed E-state index contributed by atoms with van der Waals surface area (Å²) in [6, 6.07) is 17.5. The highest BCUT2D eigenvalue weighted by Crippen LogP contribution is 2.26. The molecule has 1 N–H and O–H groups in total. The maximum Gasteiger partial charge on any atom is 0.337 e. The summed E-state index contributed by atoms with van der Waals surface area (Å²) >= 11 is 11.9. The molecule has 3 aromatic carbocycles. The van der Waals surface area contributed by atoms with Crippen LogP contribution in [-0.2, 0) is 14.8 Å². The number of anilines is 1. The first-order valence-corrected chi connectivity index (χ1v) is 11.0. The molecule has 0 aliphatic carbocycles. The summed E-state index contributed by atoms with van der Waals surface area (Å²) in [6.45, 7) is 0. The molecule has 0 atom stereocenters. The number of carbonyl (C=O) groups excluding carboxylic acids is 1. The molecule has 0 bridgehead atoms. The number of sulfonamides is 1. The van der Waals surface area contributed by atoms with Gasteiger partial charge in [0.05, 0.1) is 23.3 Å². The SMILES string of the molecule is COC(=O)c1ccc(/C=C/c2cc(Cl)ccc2NS(=O)(=O)c2ccc(Cl)cc2)cc1. The summed E-state index contributed by atoms with van der Waals surface area (Å²) in [5, 5.41) is 0.910. The molecule has 0 heterocycles. The van der Waals surface area contributed by atoms with Gasteiger partial charge in [-0.1, -0.05) is 47.5 Å². The molecule has 0 unspecified atom stereocenters. The first-order chi connectivity index (χ1) is 14.3. The molecule has 0 aliphatic heterocycles. The minimum atomic E-state index is -3.80. The number of methoxy groups -OCH3 is 1. The van der Waals surface area contributed by atoms with E-state index in [0.29, 0.717) is 26.9 Å². The molecule has 30 heavy (non-hydrogen) atoms. The third-order valence-corrected chi connectivity index (χ3v) is 6.04. The van der Waals surface area contributed by atoms with Crippen LogP contribution in [0.2, 0.25) is 10.0 Å². The van der Waals surface area contributed by atoms with Crippen LogP contribution >= 0.6 is 23.2 Å². The summed E-state index contributed by atoms with van der Waals surface area (Å²) in [6.07, 6.45) is 3.52. The van der Waals surface area contributed by atoms with Crippen LogP contribution < -0.4 is 4.72 Å². The molecule has 0 amide bonds. The second kappa shape index (κ2) is 9.34. The van der Waals surface area contributed by atoms with Crippen molar-refractivity contribution < 1.29 is 17.9 Å². The Kier molecular flexibility index (Phi) is 6.82. The molecule has 0 aliphatic rings. The highest BCUT2D eigenvalue weighted by Gasteiger charge is 2.15. The zero-order valence-corrected chi connectivity index (χ0v) is 18.1. The minimum absolute atomic E-state index is 0.0928. The van der Waals surface area contributed by atoms with Crippen molar-refractivity contribution in [1.29, 1.82) is 0 Å². The maximum absolute atomic E-state index is 12.7. The molecule has 0 saturated carbocycles. The third-order valence-electron chi connectivity index (χ3n) is 4.17. The van der Waals surface area contributed by atoms with E-state index in [1.165, 1.54) is 31.4 Å². The van der Waals surface area contributed by atoms with E-state index < -0.39 is 16.0 Å². The van der Waals surface area contributed by atoms with Crippen molar-refractivity contribution in [2.24, 2.45) is 0 Å². The van der Waals surface area contributed by atoms with Crippen molar-refractivity contribution >= 4 is 57.0 Å². The van der Waals surface area contributed by atoms with Crippen LogP contribution in [0.25, 0.3) is 12.2 Å². The Balaban J connectivity index is 1.87. The Morgan fingerprint density at radius 3 is 2.17 bits per heavy atom. The minimum Gasteiger partial charge on any atom is -0.465 e. The number of rotatable bonds is 6. The van der Waals surface area contributed by atoms with Gasteiger partial charge < -0.3 is 4.74 Å². The second-order valence-electron chi connectivity index (χ2n) is 6.24. The van der Waals surface area contributed by atoms with E-state index >= 15 is 0 Å². The summed E-state index contributed by atoms with van der Waals surface area (Å²) in [5.74, 6) is -0.417. The summed E-state index contributed by atoms with van der Waals surface area (Å²) in [4.78, 5) is 11.6. The van der Waals surface area contributed by atoms with Crippen molar-refractivity contribution in [3.63, 3.8) is 0 Å². The van der Waals surface area contributed by atoms with Gasteiger partial charge in [-0.15, -0.1) is 0 Å². The number of ether oxygens (including phenoxy) is 1. The fourth-order valence-electron chi connectivity index (χ4n) is 2.62. The number of carbonyl (C=O) groups is 1. The molecule has 154 valence electrons. The normalized spacial score (nSPS) is 11.4. The topological polar surface area (TPSA) is 72.5 Å². The van der Waals surface area contributed by atoms with Crippen LogP contribution in [0, 0.1) is 0 Å². The number of esters is 1. The molecule has 5 nitrogen and oxygen atoms in total. The Bertz CT molecular complexity index is 1190. The lowest BCUT2D eigenvalue weighted by Crippen LogP contribution is -2.13. The van der Waals surface area contributed by atoms with Gasteiger partial charge in [-0.2, -0.15) is 0 Å². The molecule has 0 aromatic heterocycles. The van der Waals surface area contributed by atoms with E-state index in [-0.39, 0.29) is 4.90 Å². The molecule has 0 saturated heterocycles. The van der Waals surface area contributed by atoms with Crippen molar-refractivity contribution in [3.05, 3.63) is 93.5 Å². The summed E-state index contributed by atoms with van der Waals surface area (Å²) in [7, 11) is -2.48. The number of benzene rings is 3. The van der Waals surface area contributed by atoms with Crippen molar-refractivity contribution in [1.82, 2.24) is 0 Å². The monoisotopic (exact) mass is 461 g/mol. The van der Waals surface area contributed by atoms with E-state index in [0.717, 1.165) is 5.56 Å². The lowest BCUT2D eigenvalue weighted by Gasteiger charge is -2.11. The summed E-state index contributed by atoms with van der Waals surface area (Å²) in [5.41, 5.74) is 2.21. The van der Waals surface area contributed by atoms with E-state index in [9.17, 15) is 13.2 Å². The number of nitrogens with one attached hydrogen (secondary N) is 1. The fourth-order valence-corrected chi connectivity index (χ4v) is 4.01. The quantitative estimate of drug-likeness (QED) is 0.374. The zero-order chi connectivity index (χ0) is 21.7. The van der Waals surface area contributed by atoms with E-state index in [2.05, 4.69) is 9.46 Å². The molecule has 0 spiro atoms. The lowest BCUT2D eigenvalue weighted by molar-refractivity contribution is 0.0600. The standard InChI is InChI=1S/C22H17Cl2NO4S/c1-29-22(26)16-5-2-15(3-6-16)4-7-17-14-19(24)10-13-21(17)25-30(27,28)20-11-8-18(23)9-12-20/h2-14,25H,1H3/b7-4+. The first-order valence-electron chi connectivity index (χ1n) is 8.73.